The second-order valence-corrected chi connectivity index (χ2v) is 5.22. The van der Waals surface area contributed by atoms with E-state index < -0.39 is 36.0 Å². The molecule has 8 nitrogen and oxygen atoms in total. The van der Waals surface area contributed by atoms with Crippen molar-refractivity contribution in [1.82, 2.24) is 15.5 Å². The minimum Gasteiger partial charge on any atom is -0.351 e. The lowest BCUT2D eigenvalue weighted by Crippen LogP contribution is -2.45. The second-order valence-electron chi connectivity index (χ2n) is 5.22. The Kier molecular flexibility index (Phi) is 3.85. The summed E-state index contributed by atoms with van der Waals surface area (Å²) in [5, 5.41) is 4.38. The number of urea groups is 2. The van der Waals surface area contributed by atoms with Gasteiger partial charge in [-0.3, -0.25) is 19.8 Å². The van der Waals surface area contributed by atoms with E-state index in [2.05, 4.69) is 5.32 Å². The van der Waals surface area contributed by atoms with Gasteiger partial charge in [0.25, 0.3) is 5.91 Å². The van der Waals surface area contributed by atoms with Crippen molar-refractivity contribution in [3.63, 3.8) is 0 Å². The van der Waals surface area contributed by atoms with Crippen LogP contribution in [0.15, 0.2) is 24.3 Å². The number of hydrogen-bond acceptors (Lipinski definition) is 4. The Morgan fingerprint density at radius 1 is 1.27 bits per heavy atom. The number of rotatable bonds is 3. The summed E-state index contributed by atoms with van der Waals surface area (Å²) in [4.78, 5) is 47.3. The van der Waals surface area contributed by atoms with Gasteiger partial charge in [0.2, 0.25) is 5.91 Å². The fraction of sp³-hybridized carbons (Fsp3) is 0.286. The molecule has 2 rings (SSSR count). The predicted molar refractivity (Wildman–Crippen MR) is 76.5 cm³/mol. The molecule has 1 aliphatic heterocycles. The molecule has 0 spiro atoms. The molecule has 8 heteroatoms. The minimum absolute atomic E-state index is 0.569. The zero-order valence-electron chi connectivity index (χ0n) is 12.2. The molecule has 1 atom stereocenters. The average molecular weight is 304 g/mol. The molecule has 0 aromatic heterocycles. The molecule has 1 aliphatic rings. The highest BCUT2D eigenvalue weighted by Gasteiger charge is 2.49. The molecule has 0 saturated carbocycles. The van der Waals surface area contributed by atoms with Crippen molar-refractivity contribution in [2.75, 3.05) is 6.54 Å². The molecule has 1 aromatic rings. The van der Waals surface area contributed by atoms with Crippen molar-refractivity contribution in [1.29, 1.82) is 0 Å². The van der Waals surface area contributed by atoms with Crippen LogP contribution in [-0.2, 0) is 15.1 Å². The van der Waals surface area contributed by atoms with Crippen LogP contribution in [0.3, 0.4) is 0 Å². The van der Waals surface area contributed by atoms with E-state index >= 15 is 0 Å². The molecule has 22 heavy (non-hydrogen) atoms. The number of imide groups is 2. The van der Waals surface area contributed by atoms with Crippen molar-refractivity contribution < 1.29 is 19.2 Å². The first-order valence-electron chi connectivity index (χ1n) is 6.54. The third-order valence-corrected chi connectivity index (χ3v) is 3.47. The van der Waals surface area contributed by atoms with Crippen LogP contribution >= 0.6 is 0 Å². The van der Waals surface area contributed by atoms with Gasteiger partial charge in [-0.25, -0.2) is 9.59 Å². The summed E-state index contributed by atoms with van der Waals surface area (Å²) in [5.41, 5.74) is 5.19. The molecule has 0 bridgehead atoms. The van der Waals surface area contributed by atoms with Crippen LogP contribution < -0.4 is 16.4 Å². The molecule has 0 aliphatic carbocycles. The van der Waals surface area contributed by atoms with Crippen LogP contribution in [0.1, 0.15) is 18.1 Å². The van der Waals surface area contributed by atoms with Crippen LogP contribution in [0.25, 0.3) is 0 Å². The van der Waals surface area contributed by atoms with E-state index in [0.717, 1.165) is 10.5 Å². The zero-order chi connectivity index (χ0) is 16.5. The van der Waals surface area contributed by atoms with Crippen molar-refractivity contribution >= 4 is 23.9 Å². The lowest BCUT2D eigenvalue weighted by Gasteiger charge is -2.22. The van der Waals surface area contributed by atoms with E-state index in [4.69, 9.17) is 5.73 Å². The number of carbonyl (C=O) groups excluding carboxylic acids is 4. The van der Waals surface area contributed by atoms with Crippen molar-refractivity contribution in [2.24, 2.45) is 5.73 Å². The number of nitrogens with zero attached hydrogens (tertiary/aromatic N) is 1. The Bertz CT molecular complexity index is 655. The third-order valence-electron chi connectivity index (χ3n) is 3.47. The van der Waals surface area contributed by atoms with E-state index in [1.807, 2.05) is 24.4 Å². The van der Waals surface area contributed by atoms with Gasteiger partial charge in [0.15, 0.2) is 0 Å². The number of aryl methyl sites for hydroxylation is 1. The van der Waals surface area contributed by atoms with Gasteiger partial charge >= 0.3 is 12.1 Å². The Labute approximate surface area is 126 Å². The maximum atomic E-state index is 12.5. The standard InChI is InChI=1S/C14H16N4O4/c1-8-3-5-9(6-4-8)14(2)11(20)18(13(22)17-14)7-10(19)16-12(15)21/h3-6H,7H2,1-2H3,(H,17,22)(H3,15,16,19,21). The number of amides is 6. The van der Waals surface area contributed by atoms with Gasteiger partial charge < -0.3 is 11.1 Å². The van der Waals surface area contributed by atoms with Crippen LogP contribution in [0.5, 0.6) is 0 Å². The van der Waals surface area contributed by atoms with Crippen LogP contribution in [-0.4, -0.2) is 35.3 Å². The maximum Gasteiger partial charge on any atom is 0.325 e. The first-order chi connectivity index (χ1) is 10.2. The lowest BCUT2D eigenvalue weighted by atomic mass is 9.91. The van der Waals surface area contributed by atoms with E-state index in [1.165, 1.54) is 0 Å². The number of benzene rings is 1. The molecule has 1 unspecified atom stereocenters. The predicted octanol–water partition coefficient (Wildman–Crippen LogP) is -0.0431. The molecule has 6 amide bonds. The molecule has 1 aromatic carbocycles. The van der Waals surface area contributed by atoms with Gasteiger partial charge in [-0.1, -0.05) is 29.8 Å². The summed E-state index contributed by atoms with van der Waals surface area (Å²) >= 11 is 0. The molecule has 116 valence electrons. The van der Waals surface area contributed by atoms with Gasteiger partial charge in [-0.05, 0) is 19.4 Å². The fourth-order valence-electron chi connectivity index (χ4n) is 2.24. The maximum absolute atomic E-state index is 12.5. The molecular weight excluding hydrogens is 288 g/mol. The van der Waals surface area contributed by atoms with Crippen molar-refractivity contribution in [3.05, 3.63) is 35.4 Å². The molecule has 0 radical (unpaired) electrons. The van der Waals surface area contributed by atoms with Crippen LogP contribution in [0.2, 0.25) is 0 Å². The normalized spacial score (nSPS) is 20.7. The molecule has 1 fully saturated rings. The number of nitrogens with one attached hydrogen (secondary N) is 2. The smallest absolute Gasteiger partial charge is 0.325 e. The van der Waals surface area contributed by atoms with Gasteiger partial charge in [-0.2, -0.15) is 0 Å². The van der Waals surface area contributed by atoms with Crippen LogP contribution in [0.4, 0.5) is 9.59 Å². The third kappa shape index (κ3) is 2.76. The summed E-state index contributed by atoms with van der Waals surface area (Å²) in [6, 6.07) is 5.37. The lowest BCUT2D eigenvalue weighted by molar-refractivity contribution is -0.134. The Balaban J connectivity index is 2.22. The Hall–Kier alpha value is -2.90. The first-order valence-corrected chi connectivity index (χ1v) is 6.54. The summed E-state index contributed by atoms with van der Waals surface area (Å²) in [7, 11) is 0. The Morgan fingerprint density at radius 2 is 1.86 bits per heavy atom. The van der Waals surface area contributed by atoms with Gasteiger partial charge in [0.1, 0.15) is 12.1 Å². The molecular formula is C14H16N4O4. The SMILES string of the molecule is Cc1ccc(C2(C)NC(=O)N(CC(=O)NC(N)=O)C2=O)cc1. The first kappa shape index (κ1) is 15.5. The van der Waals surface area contributed by atoms with E-state index in [9.17, 15) is 19.2 Å². The van der Waals surface area contributed by atoms with E-state index in [1.54, 1.807) is 19.1 Å². The Morgan fingerprint density at radius 3 is 2.41 bits per heavy atom. The van der Waals surface area contributed by atoms with Crippen LogP contribution in [0, 0.1) is 6.92 Å². The van der Waals surface area contributed by atoms with Gasteiger partial charge in [0, 0.05) is 0 Å². The summed E-state index contributed by atoms with van der Waals surface area (Å²) < 4.78 is 0. The van der Waals surface area contributed by atoms with E-state index in [0.29, 0.717) is 5.56 Å². The van der Waals surface area contributed by atoms with Gasteiger partial charge in [-0.15, -0.1) is 0 Å². The highest BCUT2D eigenvalue weighted by Crippen LogP contribution is 2.28. The van der Waals surface area contributed by atoms with Crippen molar-refractivity contribution in [3.8, 4) is 0 Å². The number of hydrogen-bond donors (Lipinski definition) is 3. The number of nitrogens with two attached hydrogens (primary N) is 1. The van der Waals surface area contributed by atoms with E-state index in [-0.39, 0.29) is 0 Å². The average Bonchev–Trinajstić information content (AvgIpc) is 2.63. The monoisotopic (exact) mass is 304 g/mol. The largest absolute Gasteiger partial charge is 0.351 e. The number of primary amides is 1. The second kappa shape index (κ2) is 5.47. The topological polar surface area (TPSA) is 122 Å². The molecule has 1 saturated heterocycles. The van der Waals surface area contributed by atoms with Gasteiger partial charge in [0.05, 0.1) is 0 Å². The molecule has 1 heterocycles. The minimum atomic E-state index is -1.25. The van der Waals surface area contributed by atoms with Crippen molar-refractivity contribution in [2.45, 2.75) is 19.4 Å². The summed E-state index contributed by atoms with van der Waals surface area (Å²) in [6.07, 6.45) is 0. The fourth-order valence-corrected chi connectivity index (χ4v) is 2.24. The summed E-state index contributed by atoms with van der Waals surface area (Å²) in [6.45, 7) is 2.89. The highest BCUT2D eigenvalue weighted by molar-refractivity contribution is 6.10. The zero-order valence-corrected chi connectivity index (χ0v) is 12.2. The highest BCUT2D eigenvalue weighted by atomic mass is 16.2. The quantitative estimate of drug-likeness (QED) is 0.678. The summed E-state index contributed by atoms with van der Waals surface area (Å²) in [5.74, 6) is -1.40. The molecule has 4 N–H and O–H groups in total. The number of carbonyl (C=O) groups is 4.